The molecule has 0 saturated carbocycles. The Bertz CT molecular complexity index is 1110. The third-order valence-corrected chi connectivity index (χ3v) is 4.05. The summed E-state index contributed by atoms with van der Waals surface area (Å²) in [5.41, 5.74) is 8.10. The number of amides is 1. The number of aromatic nitrogens is 2. The lowest BCUT2D eigenvalue weighted by Gasteiger charge is -2.06. The SMILES string of the molecule is NC(=O)C(=O)c1cn(-c2ccc3ncccc3c2)c2ccccc12. The third kappa shape index (κ3) is 2.14. The normalized spacial score (nSPS) is 11.0. The van der Waals surface area contributed by atoms with Gasteiger partial charge in [0.15, 0.2) is 0 Å². The highest BCUT2D eigenvalue weighted by atomic mass is 16.2. The number of nitrogens with two attached hydrogens (primary N) is 1. The second kappa shape index (κ2) is 5.31. The predicted molar refractivity (Wildman–Crippen MR) is 92.1 cm³/mol. The Labute approximate surface area is 137 Å². The van der Waals surface area contributed by atoms with Crippen LogP contribution in [0.2, 0.25) is 0 Å². The minimum atomic E-state index is -0.958. The Morgan fingerprint density at radius 2 is 1.83 bits per heavy atom. The Kier molecular flexibility index (Phi) is 3.13. The fourth-order valence-corrected chi connectivity index (χ4v) is 2.92. The smallest absolute Gasteiger partial charge is 0.289 e. The lowest BCUT2D eigenvalue weighted by molar-refractivity contribution is -0.114. The van der Waals surface area contributed by atoms with Crippen molar-refractivity contribution < 1.29 is 9.59 Å². The monoisotopic (exact) mass is 315 g/mol. The molecule has 0 aliphatic heterocycles. The first-order valence-electron chi connectivity index (χ1n) is 7.44. The van der Waals surface area contributed by atoms with Crippen LogP contribution in [0.25, 0.3) is 27.5 Å². The van der Waals surface area contributed by atoms with Crippen molar-refractivity contribution in [3.05, 3.63) is 72.6 Å². The molecule has 0 saturated heterocycles. The lowest BCUT2D eigenvalue weighted by atomic mass is 10.1. The number of hydrogen-bond acceptors (Lipinski definition) is 3. The number of carbonyl (C=O) groups excluding carboxylic acids is 2. The van der Waals surface area contributed by atoms with E-state index in [4.69, 9.17) is 5.73 Å². The van der Waals surface area contributed by atoms with Crippen molar-refractivity contribution in [3.63, 3.8) is 0 Å². The predicted octanol–water partition coefficient (Wildman–Crippen LogP) is 2.85. The topological polar surface area (TPSA) is 78.0 Å². The number of nitrogens with zero attached hydrogens (tertiary/aromatic N) is 2. The van der Waals surface area contributed by atoms with E-state index in [2.05, 4.69) is 4.98 Å². The molecule has 4 rings (SSSR count). The molecule has 2 N–H and O–H groups in total. The van der Waals surface area contributed by atoms with Gasteiger partial charge >= 0.3 is 0 Å². The molecule has 24 heavy (non-hydrogen) atoms. The molecule has 5 heteroatoms. The largest absolute Gasteiger partial charge is 0.363 e. The molecule has 0 atom stereocenters. The molecular formula is C19H13N3O2. The van der Waals surface area contributed by atoms with Crippen LogP contribution in [0, 0.1) is 0 Å². The summed E-state index contributed by atoms with van der Waals surface area (Å²) in [6, 6.07) is 17.1. The number of Topliss-reactive ketones (excluding diaryl/α,β-unsaturated/α-hetero) is 1. The number of hydrogen-bond donors (Lipinski definition) is 1. The summed E-state index contributed by atoms with van der Waals surface area (Å²) in [4.78, 5) is 27.7. The average molecular weight is 315 g/mol. The summed E-state index contributed by atoms with van der Waals surface area (Å²) < 4.78 is 1.89. The summed E-state index contributed by atoms with van der Waals surface area (Å²) in [6.07, 6.45) is 3.41. The Morgan fingerprint density at radius 1 is 1.00 bits per heavy atom. The van der Waals surface area contributed by atoms with E-state index in [1.165, 1.54) is 0 Å². The number of fused-ring (bicyclic) bond motifs is 2. The van der Waals surface area contributed by atoms with E-state index in [9.17, 15) is 9.59 Å². The second-order valence-corrected chi connectivity index (χ2v) is 5.50. The van der Waals surface area contributed by atoms with E-state index in [1.807, 2.05) is 59.2 Å². The molecule has 0 spiro atoms. The molecule has 0 radical (unpaired) electrons. The van der Waals surface area contributed by atoms with Crippen molar-refractivity contribution in [2.45, 2.75) is 0 Å². The first-order valence-corrected chi connectivity index (χ1v) is 7.44. The second-order valence-electron chi connectivity index (χ2n) is 5.50. The summed E-state index contributed by atoms with van der Waals surface area (Å²) in [5.74, 6) is -1.65. The quantitative estimate of drug-likeness (QED) is 0.466. The minimum absolute atomic E-state index is 0.310. The van der Waals surface area contributed by atoms with Crippen LogP contribution in [0.1, 0.15) is 10.4 Å². The Balaban J connectivity index is 1.98. The first-order chi connectivity index (χ1) is 11.6. The van der Waals surface area contributed by atoms with Crippen LogP contribution in [0.5, 0.6) is 0 Å². The molecular weight excluding hydrogens is 302 g/mol. The molecule has 2 heterocycles. The van der Waals surface area contributed by atoms with E-state index >= 15 is 0 Å². The van der Waals surface area contributed by atoms with Crippen molar-refractivity contribution in [2.24, 2.45) is 5.73 Å². The summed E-state index contributed by atoms with van der Waals surface area (Å²) in [6.45, 7) is 0. The van der Waals surface area contributed by atoms with Crippen LogP contribution in [-0.2, 0) is 4.79 Å². The first kappa shape index (κ1) is 14.1. The maximum atomic E-state index is 12.1. The molecule has 2 aromatic carbocycles. The molecule has 0 aliphatic carbocycles. The summed E-state index contributed by atoms with van der Waals surface area (Å²) in [7, 11) is 0. The zero-order valence-corrected chi connectivity index (χ0v) is 12.6. The van der Waals surface area contributed by atoms with Crippen molar-refractivity contribution in [1.82, 2.24) is 9.55 Å². The average Bonchev–Trinajstić information content (AvgIpc) is 3.00. The molecule has 2 aromatic heterocycles. The van der Waals surface area contributed by atoms with E-state index in [0.29, 0.717) is 10.9 Å². The number of para-hydroxylation sites is 1. The maximum Gasteiger partial charge on any atom is 0.289 e. The number of benzene rings is 2. The van der Waals surface area contributed by atoms with Crippen LogP contribution in [-0.4, -0.2) is 21.2 Å². The number of pyridine rings is 1. The number of rotatable bonds is 3. The van der Waals surface area contributed by atoms with Crippen LogP contribution in [0.4, 0.5) is 0 Å². The standard InChI is InChI=1S/C19H13N3O2/c20-19(24)18(23)15-11-22(17-6-2-1-5-14(15)17)13-7-8-16-12(10-13)4-3-9-21-16/h1-11H,(H2,20,24). The van der Waals surface area contributed by atoms with Gasteiger partial charge in [-0.05, 0) is 30.3 Å². The van der Waals surface area contributed by atoms with Crippen molar-refractivity contribution in [2.75, 3.05) is 0 Å². The van der Waals surface area contributed by atoms with Crippen molar-refractivity contribution >= 4 is 33.5 Å². The van der Waals surface area contributed by atoms with E-state index in [1.54, 1.807) is 12.4 Å². The highest BCUT2D eigenvalue weighted by Crippen LogP contribution is 2.26. The highest BCUT2D eigenvalue weighted by molar-refractivity contribution is 6.44. The van der Waals surface area contributed by atoms with Crippen LogP contribution in [0.15, 0.2) is 67.0 Å². The van der Waals surface area contributed by atoms with E-state index in [0.717, 1.165) is 22.1 Å². The van der Waals surface area contributed by atoms with Gasteiger partial charge in [-0.3, -0.25) is 14.6 Å². The van der Waals surface area contributed by atoms with Crippen molar-refractivity contribution in [3.8, 4) is 5.69 Å². The van der Waals surface area contributed by atoms with Gasteiger partial charge in [0.25, 0.3) is 11.7 Å². The van der Waals surface area contributed by atoms with Gasteiger partial charge in [0.05, 0.1) is 16.6 Å². The zero-order valence-electron chi connectivity index (χ0n) is 12.6. The molecule has 1 amide bonds. The van der Waals surface area contributed by atoms with E-state index in [-0.39, 0.29) is 0 Å². The molecule has 5 nitrogen and oxygen atoms in total. The zero-order chi connectivity index (χ0) is 16.7. The maximum absolute atomic E-state index is 12.1. The van der Waals surface area contributed by atoms with E-state index < -0.39 is 11.7 Å². The fraction of sp³-hybridized carbons (Fsp3) is 0. The van der Waals surface area contributed by atoms with Gasteiger partial charge in [0, 0.05) is 28.9 Å². The van der Waals surface area contributed by atoms with Gasteiger partial charge in [-0.2, -0.15) is 0 Å². The van der Waals surface area contributed by atoms with Crippen LogP contribution >= 0.6 is 0 Å². The summed E-state index contributed by atoms with van der Waals surface area (Å²) >= 11 is 0. The number of carbonyl (C=O) groups is 2. The van der Waals surface area contributed by atoms with Gasteiger partial charge in [-0.1, -0.05) is 24.3 Å². The molecule has 0 bridgehead atoms. The van der Waals surface area contributed by atoms with Gasteiger partial charge in [-0.25, -0.2) is 0 Å². The van der Waals surface area contributed by atoms with Gasteiger partial charge in [-0.15, -0.1) is 0 Å². The third-order valence-electron chi connectivity index (χ3n) is 4.05. The van der Waals surface area contributed by atoms with Gasteiger partial charge < -0.3 is 10.3 Å². The fourth-order valence-electron chi connectivity index (χ4n) is 2.92. The van der Waals surface area contributed by atoms with Crippen LogP contribution in [0.3, 0.4) is 0 Å². The highest BCUT2D eigenvalue weighted by Gasteiger charge is 2.19. The van der Waals surface area contributed by atoms with Crippen molar-refractivity contribution in [1.29, 1.82) is 0 Å². The van der Waals surface area contributed by atoms with Gasteiger partial charge in [0.1, 0.15) is 0 Å². The molecule has 0 aliphatic rings. The number of primary amides is 1. The molecule has 0 unspecified atom stereocenters. The summed E-state index contributed by atoms with van der Waals surface area (Å²) in [5, 5.41) is 1.70. The number of ketones is 1. The van der Waals surface area contributed by atoms with Crippen LogP contribution < -0.4 is 5.73 Å². The molecule has 116 valence electrons. The Hall–Kier alpha value is -3.47. The Morgan fingerprint density at radius 3 is 2.67 bits per heavy atom. The molecule has 0 fully saturated rings. The lowest BCUT2D eigenvalue weighted by Crippen LogP contribution is -2.22. The minimum Gasteiger partial charge on any atom is -0.363 e. The van der Waals surface area contributed by atoms with Gasteiger partial charge in [0.2, 0.25) is 0 Å². The molecule has 4 aromatic rings.